The molecule has 4 rings (SSSR count). The van der Waals surface area contributed by atoms with Crippen LogP contribution in [0.15, 0.2) is 66.7 Å². The maximum absolute atomic E-state index is 6.32. The van der Waals surface area contributed by atoms with Crippen LogP contribution in [0.4, 0.5) is 5.69 Å². The lowest BCUT2D eigenvalue weighted by Crippen LogP contribution is -2.33. The monoisotopic (exact) mass is 489 g/mol. The van der Waals surface area contributed by atoms with Crippen molar-refractivity contribution in [1.29, 1.82) is 0 Å². The Morgan fingerprint density at radius 2 is 1.66 bits per heavy atom. The van der Waals surface area contributed by atoms with Gasteiger partial charge in [0.2, 0.25) is 0 Å². The molecule has 0 saturated carbocycles. The molecule has 0 N–H and O–H groups in total. The molecule has 1 aliphatic heterocycles. The predicted molar refractivity (Wildman–Crippen MR) is 151 cm³/mol. The number of nitrogens with zero attached hydrogens (tertiary/aromatic N) is 1. The summed E-state index contributed by atoms with van der Waals surface area (Å²) in [5.74, 6) is 0.989. The van der Waals surface area contributed by atoms with Crippen LogP contribution >= 0.6 is 8.58 Å². The van der Waals surface area contributed by atoms with E-state index in [1.807, 2.05) is 0 Å². The van der Waals surface area contributed by atoms with Crippen LogP contribution in [-0.2, 0) is 16.3 Å². The Bertz CT molecular complexity index is 1090. The quantitative estimate of drug-likeness (QED) is 0.222. The second-order valence-corrected chi connectivity index (χ2v) is 11.7. The molecule has 1 saturated heterocycles. The molecule has 3 aromatic rings. The Morgan fingerprint density at radius 1 is 0.914 bits per heavy atom. The van der Waals surface area contributed by atoms with Gasteiger partial charge in [0, 0.05) is 43.0 Å². The minimum atomic E-state index is -0.0353. The first kappa shape index (κ1) is 25.7. The lowest BCUT2D eigenvalue weighted by molar-refractivity contribution is 0.0494. The standard InChI is InChI=1S/C31H40NO2P/c1-5-31(3,35-30-24(2)14-12-19-28(30)32-20-10-7-11-21-32)27-18-13-17-26(29(27)34-23-33-4)22-25-15-8-6-9-16-25/h6,8-9,12-19,35H,5,7,10-11,20-23H2,1-4H3. The zero-order chi connectivity index (χ0) is 24.7. The van der Waals surface area contributed by atoms with Crippen molar-refractivity contribution < 1.29 is 9.47 Å². The van der Waals surface area contributed by atoms with Gasteiger partial charge in [0.1, 0.15) is 5.75 Å². The molecule has 1 aliphatic rings. The molecule has 0 aromatic heterocycles. The third-order valence-corrected chi connectivity index (χ3v) is 9.38. The summed E-state index contributed by atoms with van der Waals surface area (Å²) in [5.41, 5.74) is 6.63. The largest absolute Gasteiger partial charge is 0.467 e. The van der Waals surface area contributed by atoms with Crippen molar-refractivity contribution >= 4 is 19.6 Å². The number of piperidine rings is 1. The van der Waals surface area contributed by atoms with Gasteiger partial charge in [-0.15, -0.1) is 0 Å². The van der Waals surface area contributed by atoms with E-state index in [-0.39, 0.29) is 11.9 Å². The van der Waals surface area contributed by atoms with E-state index >= 15 is 0 Å². The molecule has 0 aliphatic carbocycles. The van der Waals surface area contributed by atoms with E-state index in [9.17, 15) is 0 Å². The highest BCUT2D eigenvalue weighted by Gasteiger charge is 2.32. The first-order valence-corrected chi connectivity index (χ1v) is 14.0. The minimum Gasteiger partial charge on any atom is -0.467 e. The van der Waals surface area contributed by atoms with Crippen LogP contribution in [0.25, 0.3) is 0 Å². The fourth-order valence-electron chi connectivity index (χ4n) is 5.10. The summed E-state index contributed by atoms with van der Waals surface area (Å²) in [5, 5.41) is 1.47. The van der Waals surface area contributed by atoms with Crippen LogP contribution in [-0.4, -0.2) is 27.0 Å². The van der Waals surface area contributed by atoms with E-state index in [0.29, 0.717) is 8.58 Å². The highest BCUT2D eigenvalue weighted by molar-refractivity contribution is 7.49. The molecule has 0 radical (unpaired) electrons. The van der Waals surface area contributed by atoms with Gasteiger partial charge in [0.15, 0.2) is 6.79 Å². The van der Waals surface area contributed by atoms with Crippen molar-refractivity contribution in [2.24, 2.45) is 0 Å². The zero-order valence-corrected chi connectivity index (χ0v) is 22.8. The SMILES string of the molecule is CCC(C)(Pc1c(C)cccc1N1CCCCC1)c1cccc(Cc2ccccc2)c1OCOC. The molecule has 2 unspecified atom stereocenters. The van der Waals surface area contributed by atoms with Gasteiger partial charge in [-0.05, 0) is 60.7 Å². The summed E-state index contributed by atoms with van der Waals surface area (Å²) in [6.07, 6.45) is 5.81. The molecular weight excluding hydrogens is 449 g/mol. The lowest BCUT2D eigenvalue weighted by Gasteiger charge is -2.36. The fourth-order valence-corrected chi connectivity index (χ4v) is 6.81. The maximum atomic E-state index is 6.32. The third kappa shape index (κ3) is 6.08. The predicted octanol–water partition coefficient (Wildman–Crippen LogP) is 7.19. The van der Waals surface area contributed by atoms with Crippen molar-refractivity contribution in [3.8, 4) is 5.75 Å². The first-order chi connectivity index (χ1) is 17.1. The number of hydrogen-bond donors (Lipinski definition) is 0. The van der Waals surface area contributed by atoms with Gasteiger partial charge in [0.05, 0.1) is 0 Å². The fraction of sp³-hybridized carbons (Fsp3) is 0.419. The van der Waals surface area contributed by atoms with Crippen LogP contribution in [0.5, 0.6) is 5.75 Å². The highest BCUT2D eigenvalue weighted by atomic mass is 31.1. The van der Waals surface area contributed by atoms with Crippen LogP contribution in [0.1, 0.15) is 61.8 Å². The third-order valence-electron chi connectivity index (χ3n) is 7.31. The Balaban J connectivity index is 1.74. The molecule has 1 fully saturated rings. The second kappa shape index (κ2) is 12.1. The Morgan fingerprint density at radius 3 is 2.37 bits per heavy atom. The molecule has 186 valence electrons. The van der Waals surface area contributed by atoms with Gasteiger partial charge in [-0.2, -0.15) is 0 Å². The van der Waals surface area contributed by atoms with E-state index in [0.717, 1.165) is 18.6 Å². The van der Waals surface area contributed by atoms with E-state index in [4.69, 9.17) is 9.47 Å². The maximum Gasteiger partial charge on any atom is 0.188 e. The first-order valence-electron chi connectivity index (χ1n) is 13.0. The van der Waals surface area contributed by atoms with Crippen LogP contribution in [0.3, 0.4) is 0 Å². The number of para-hydroxylation sites is 1. The van der Waals surface area contributed by atoms with Gasteiger partial charge in [-0.25, -0.2) is 0 Å². The average molecular weight is 490 g/mol. The van der Waals surface area contributed by atoms with Crippen LogP contribution in [0, 0.1) is 6.92 Å². The van der Waals surface area contributed by atoms with Crippen LogP contribution < -0.4 is 14.9 Å². The summed E-state index contributed by atoms with van der Waals surface area (Å²) in [6, 6.07) is 24.2. The molecule has 4 heteroatoms. The number of benzene rings is 3. The number of aryl methyl sites for hydroxylation is 1. The van der Waals surface area contributed by atoms with E-state index in [1.165, 1.54) is 65.6 Å². The lowest BCUT2D eigenvalue weighted by atomic mass is 9.92. The number of anilines is 1. The highest BCUT2D eigenvalue weighted by Crippen LogP contribution is 2.50. The molecule has 3 aromatic carbocycles. The number of rotatable bonds is 10. The summed E-state index contributed by atoms with van der Waals surface area (Å²) in [6.45, 7) is 9.59. The van der Waals surface area contributed by atoms with E-state index in [2.05, 4.69) is 92.4 Å². The number of hydrogen-bond acceptors (Lipinski definition) is 3. The molecule has 35 heavy (non-hydrogen) atoms. The zero-order valence-electron chi connectivity index (χ0n) is 21.8. The van der Waals surface area contributed by atoms with Crippen molar-refractivity contribution in [3.05, 3.63) is 89.0 Å². The summed E-state index contributed by atoms with van der Waals surface area (Å²) in [7, 11) is 2.34. The number of ether oxygens (including phenoxy) is 2. The molecule has 0 spiro atoms. The van der Waals surface area contributed by atoms with Crippen molar-refractivity contribution in [2.75, 3.05) is 31.9 Å². The Kier molecular flexibility index (Phi) is 8.87. The minimum absolute atomic E-state index is 0.0353. The van der Waals surface area contributed by atoms with E-state index < -0.39 is 0 Å². The van der Waals surface area contributed by atoms with E-state index in [1.54, 1.807) is 7.11 Å². The van der Waals surface area contributed by atoms with Gasteiger partial charge >= 0.3 is 0 Å². The van der Waals surface area contributed by atoms with Crippen LogP contribution in [0.2, 0.25) is 0 Å². The smallest absolute Gasteiger partial charge is 0.188 e. The molecule has 0 bridgehead atoms. The van der Waals surface area contributed by atoms with Crippen molar-refractivity contribution in [1.82, 2.24) is 0 Å². The van der Waals surface area contributed by atoms with Crippen molar-refractivity contribution in [2.45, 2.75) is 58.0 Å². The molecule has 3 nitrogen and oxygen atoms in total. The Hall–Kier alpha value is -2.35. The summed E-state index contributed by atoms with van der Waals surface area (Å²) in [4.78, 5) is 2.61. The average Bonchev–Trinajstić information content (AvgIpc) is 2.90. The Labute approximate surface area is 213 Å². The molecule has 0 amide bonds. The molecule has 1 heterocycles. The normalized spacial score (nSPS) is 15.9. The molecule has 2 atom stereocenters. The second-order valence-electron chi connectivity index (χ2n) is 9.83. The topological polar surface area (TPSA) is 21.7 Å². The van der Waals surface area contributed by atoms with Crippen molar-refractivity contribution in [3.63, 3.8) is 0 Å². The molecular formula is C31H40NO2P. The summed E-state index contributed by atoms with van der Waals surface area (Å²) >= 11 is 0. The summed E-state index contributed by atoms with van der Waals surface area (Å²) < 4.78 is 11.7. The van der Waals surface area contributed by atoms with Gasteiger partial charge in [0.25, 0.3) is 0 Å². The van der Waals surface area contributed by atoms with Gasteiger partial charge < -0.3 is 14.4 Å². The van der Waals surface area contributed by atoms with Gasteiger partial charge in [-0.3, -0.25) is 0 Å². The van der Waals surface area contributed by atoms with Gasteiger partial charge in [-0.1, -0.05) is 83.1 Å². The number of methoxy groups -OCH3 is 1.